The van der Waals surface area contributed by atoms with Gasteiger partial charge >= 0.3 is 469 Å². The van der Waals surface area contributed by atoms with Crippen LogP contribution in [0.3, 0.4) is 0 Å². The van der Waals surface area contributed by atoms with E-state index in [1.807, 2.05) is 24.3 Å². The number of rotatable bonds is 22. The van der Waals surface area contributed by atoms with Gasteiger partial charge in [-0.05, 0) is 0 Å². The van der Waals surface area contributed by atoms with Gasteiger partial charge in [0.25, 0.3) is 0 Å². The molecule has 4 aliphatic rings. The summed E-state index contributed by atoms with van der Waals surface area (Å²) in [6, 6.07) is 58.5. The van der Waals surface area contributed by atoms with E-state index < -0.39 is 35.1 Å². The summed E-state index contributed by atoms with van der Waals surface area (Å²) in [4.78, 5) is 0. The van der Waals surface area contributed by atoms with Crippen molar-refractivity contribution in [3.05, 3.63) is 193 Å². The van der Waals surface area contributed by atoms with Crippen molar-refractivity contribution in [2.24, 2.45) is 0 Å². The van der Waals surface area contributed by atoms with Gasteiger partial charge in [0.1, 0.15) is 5.75 Å². The van der Waals surface area contributed by atoms with Crippen molar-refractivity contribution in [1.29, 1.82) is 0 Å². The molecule has 10 nitrogen and oxygen atoms in total. The van der Waals surface area contributed by atoms with Crippen molar-refractivity contribution in [1.82, 2.24) is 0 Å². The van der Waals surface area contributed by atoms with Crippen molar-refractivity contribution in [2.45, 2.75) is 163 Å². The molecule has 6 aromatic rings. The molecule has 0 spiro atoms. The predicted octanol–water partition coefficient (Wildman–Crippen LogP) is 12.2. The van der Waals surface area contributed by atoms with E-state index in [1.165, 1.54) is 25.6 Å². The molecule has 430 valence electrons. The number of methoxy groups -OCH3 is 1. The fourth-order valence-corrected chi connectivity index (χ4v) is 22.2. The molecule has 0 N–H and O–H groups in total. The molecule has 13 heteroatoms. The van der Waals surface area contributed by atoms with E-state index in [0.29, 0.717) is 45.7 Å². The third-order valence-electron chi connectivity index (χ3n) is 17.0. The SMILES string of the molecule is CC[Si](CC)(CC)O[C@H]1[C@H](OCc2ccc3ccccc3c2)[C@H]2OCC=CC[C@@H]2O[C@@H]1CC(O[C@@H]1C/C=C\[C@@H]2O[C@H](c3ccc(OC)cc3)OC[C@H]2O[C@H]1CCO[Si](c1ccccc1)(c1ccccc1)C(C)(C)C)[Se]c1ccccc1. The van der Waals surface area contributed by atoms with Gasteiger partial charge in [0.05, 0.1) is 7.11 Å². The Morgan fingerprint density at radius 3 is 2.00 bits per heavy atom. The maximum atomic E-state index is 7.78. The Morgan fingerprint density at radius 1 is 0.654 bits per heavy atom. The summed E-state index contributed by atoms with van der Waals surface area (Å²) in [5.74, 6) is 0.781. The molecule has 0 aromatic heterocycles. The molecule has 0 bridgehead atoms. The molecule has 0 amide bonds. The summed E-state index contributed by atoms with van der Waals surface area (Å²) in [6.07, 6.45) is 7.51. The predicted molar refractivity (Wildman–Crippen MR) is 329 cm³/mol. The second kappa shape index (κ2) is 27.9. The standard InChI is InChI=1S/C68H84O10SeSi2/c1-8-80(9-2,10-3)78-65-61(75-60-33-22-23-43-70-64(60)66(65)71-47-49-36-37-50-25-20-21-26-52(50)45-49)46-63(79-54-27-14-11-15-28-54)76-57-34-24-35-58-62(48-72-67(77-58)51-38-40-53(69-7)41-39-51)74-59(57)42-44-73-81(68(4,5)6,55-29-16-12-17-30-55)56-31-18-13-19-32-56/h11-32,35-41,45,57-67H,8-10,33-34,42-44,46-48H2,1-7H3/b35-24-/t57-,58+,59+,60+,61-,62-,63?,64+,65-,66-,67-/m1/s1. The van der Waals surface area contributed by atoms with E-state index in [-0.39, 0.29) is 67.7 Å². The van der Waals surface area contributed by atoms with Crippen LogP contribution in [0, 0.1) is 0 Å². The van der Waals surface area contributed by atoms with Crippen LogP contribution in [-0.2, 0) is 48.6 Å². The quantitative estimate of drug-likeness (QED) is 0.0483. The van der Waals surface area contributed by atoms with Gasteiger partial charge in [-0.1, -0.05) is 6.07 Å². The molecule has 0 saturated carbocycles. The number of ether oxygens (including phenoxy) is 8. The molecule has 2 saturated heterocycles. The zero-order valence-corrected chi connectivity index (χ0v) is 52.2. The third-order valence-corrected chi connectivity index (χ3v) is 29.0. The molecular weight excluding hydrogens is 1110 g/mol. The summed E-state index contributed by atoms with van der Waals surface area (Å²) in [6.45, 7) is 15.6. The maximum absolute atomic E-state index is 7.78. The Bertz CT molecular complexity index is 2890. The molecule has 0 aliphatic carbocycles. The van der Waals surface area contributed by atoms with Crippen LogP contribution < -0.4 is 19.6 Å². The first kappa shape index (κ1) is 59.6. The number of fused-ring (bicyclic) bond motifs is 3. The van der Waals surface area contributed by atoms with Crippen LogP contribution in [-0.4, -0.2) is 118 Å². The molecule has 4 heterocycles. The average molecular weight is 1200 g/mol. The van der Waals surface area contributed by atoms with Crippen LogP contribution in [0.15, 0.2) is 182 Å². The van der Waals surface area contributed by atoms with Gasteiger partial charge in [0, 0.05) is 0 Å². The van der Waals surface area contributed by atoms with Crippen molar-refractivity contribution < 1.29 is 46.7 Å². The van der Waals surface area contributed by atoms with Gasteiger partial charge in [-0.15, -0.1) is 0 Å². The Balaban J connectivity index is 0.995. The summed E-state index contributed by atoms with van der Waals surface area (Å²) >= 11 is -0.144. The first-order chi connectivity index (χ1) is 39.5. The molecule has 81 heavy (non-hydrogen) atoms. The number of hydrogen-bond donors (Lipinski definition) is 0. The molecule has 4 aliphatic heterocycles. The van der Waals surface area contributed by atoms with E-state index in [9.17, 15) is 0 Å². The van der Waals surface area contributed by atoms with Crippen LogP contribution in [0.1, 0.15) is 84.6 Å². The van der Waals surface area contributed by atoms with Gasteiger partial charge < -0.3 is 4.74 Å². The zero-order chi connectivity index (χ0) is 56.2. The van der Waals surface area contributed by atoms with Gasteiger partial charge in [-0.3, -0.25) is 0 Å². The third kappa shape index (κ3) is 14.2. The normalized spacial score (nSPS) is 26.1. The van der Waals surface area contributed by atoms with Crippen molar-refractivity contribution >= 4 is 57.2 Å². The fraction of sp³-hybridized carbons (Fsp3) is 0.441. The van der Waals surface area contributed by atoms with E-state index in [0.717, 1.165) is 41.4 Å². The monoisotopic (exact) mass is 1200 g/mol. The summed E-state index contributed by atoms with van der Waals surface area (Å²) in [5.41, 5.74) is 2.04. The first-order valence-corrected chi connectivity index (χ1v) is 35.8. The fourth-order valence-electron chi connectivity index (χ4n) is 12.4. The molecule has 1 unspecified atom stereocenters. The van der Waals surface area contributed by atoms with Gasteiger partial charge in [0.15, 0.2) is 0 Å². The summed E-state index contributed by atoms with van der Waals surface area (Å²) in [5, 5.41) is 4.44. The van der Waals surface area contributed by atoms with E-state index in [2.05, 4.69) is 199 Å². The Morgan fingerprint density at radius 2 is 1.32 bits per heavy atom. The first-order valence-electron chi connectivity index (χ1n) is 29.6. The van der Waals surface area contributed by atoms with Crippen LogP contribution in [0.2, 0.25) is 23.2 Å². The topological polar surface area (TPSA) is 92.3 Å². The average Bonchev–Trinajstić information content (AvgIpc) is 3.79. The van der Waals surface area contributed by atoms with Crippen molar-refractivity contribution in [2.75, 3.05) is 26.9 Å². The van der Waals surface area contributed by atoms with Gasteiger partial charge in [-0.25, -0.2) is 0 Å². The summed E-state index contributed by atoms with van der Waals surface area (Å²) in [7, 11) is -3.50. The van der Waals surface area contributed by atoms with Crippen molar-refractivity contribution in [3.63, 3.8) is 0 Å². The molecule has 10 rings (SSSR count). The van der Waals surface area contributed by atoms with E-state index >= 15 is 0 Å². The zero-order valence-electron chi connectivity index (χ0n) is 48.4. The number of hydrogen-bond acceptors (Lipinski definition) is 10. The van der Waals surface area contributed by atoms with Crippen LogP contribution >= 0.6 is 0 Å². The van der Waals surface area contributed by atoms with Crippen LogP contribution in [0.25, 0.3) is 10.8 Å². The van der Waals surface area contributed by atoms with Gasteiger partial charge in [-0.2, -0.15) is 0 Å². The Kier molecular flexibility index (Phi) is 20.5. The van der Waals surface area contributed by atoms with Crippen LogP contribution in [0.4, 0.5) is 0 Å². The second-order valence-corrected chi connectivity index (χ2v) is 34.6. The van der Waals surface area contributed by atoms with Gasteiger partial charge in [0.2, 0.25) is 0 Å². The second-order valence-electron chi connectivity index (χ2n) is 23.0. The van der Waals surface area contributed by atoms with Crippen molar-refractivity contribution in [3.8, 4) is 5.75 Å². The molecule has 0 radical (unpaired) electrons. The van der Waals surface area contributed by atoms with E-state index in [1.54, 1.807) is 7.11 Å². The Hall–Kier alpha value is -4.55. The number of benzene rings is 6. The molecule has 2 fully saturated rings. The van der Waals surface area contributed by atoms with Crippen LogP contribution in [0.5, 0.6) is 5.75 Å². The minimum absolute atomic E-state index is 0.144. The van der Waals surface area contributed by atoms with E-state index in [4.69, 9.17) is 46.7 Å². The minimum atomic E-state index is -2.90. The Labute approximate surface area is 490 Å². The summed E-state index contributed by atoms with van der Waals surface area (Å²) < 4.78 is 72.1. The molecular formula is C68H84O10SeSi2. The molecule has 6 aromatic carbocycles. The molecule has 11 atom stereocenters.